The Hall–Kier alpha value is -1.17. The minimum Gasteiger partial charge on any atom is -0.389 e. The van der Waals surface area contributed by atoms with E-state index in [1.165, 1.54) is 0 Å². The SMILES string of the molecule is COCCCN(CCOC)c1ncccc1[C@@H](C)O. The molecule has 1 aromatic rings. The van der Waals surface area contributed by atoms with E-state index in [2.05, 4.69) is 9.88 Å². The number of aliphatic hydroxyl groups is 1. The van der Waals surface area contributed by atoms with Crippen molar-refractivity contribution in [2.45, 2.75) is 19.4 Å². The van der Waals surface area contributed by atoms with Crippen LogP contribution in [0.5, 0.6) is 0 Å². The number of anilines is 1. The second kappa shape index (κ2) is 8.85. The van der Waals surface area contributed by atoms with Gasteiger partial charge in [0.25, 0.3) is 0 Å². The summed E-state index contributed by atoms with van der Waals surface area (Å²) < 4.78 is 10.2. The predicted octanol–water partition coefficient (Wildman–Crippen LogP) is 1.62. The van der Waals surface area contributed by atoms with Crippen LogP contribution in [-0.2, 0) is 9.47 Å². The molecule has 1 heterocycles. The van der Waals surface area contributed by atoms with E-state index in [9.17, 15) is 5.11 Å². The van der Waals surface area contributed by atoms with Gasteiger partial charge in [0.2, 0.25) is 0 Å². The molecule has 0 radical (unpaired) electrons. The summed E-state index contributed by atoms with van der Waals surface area (Å²) in [6, 6.07) is 3.75. The van der Waals surface area contributed by atoms with E-state index in [-0.39, 0.29) is 0 Å². The van der Waals surface area contributed by atoms with Gasteiger partial charge in [-0.3, -0.25) is 0 Å². The second-order valence-corrected chi connectivity index (χ2v) is 4.42. The zero-order valence-corrected chi connectivity index (χ0v) is 12.0. The third-order valence-electron chi connectivity index (χ3n) is 2.91. The van der Waals surface area contributed by atoms with Gasteiger partial charge in [0, 0.05) is 45.7 Å². The van der Waals surface area contributed by atoms with E-state index in [0.717, 1.165) is 30.9 Å². The Labute approximate surface area is 115 Å². The van der Waals surface area contributed by atoms with E-state index in [4.69, 9.17) is 9.47 Å². The molecular weight excluding hydrogens is 244 g/mol. The number of pyridine rings is 1. The molecular formula is C14H24N2O3. The standard InChI is InChI=1S/C14H24N2O3/c1-12(17)13-6-4-7-15-14(13)16(9-11-19-3)8-5-10-18-2/h4,6-7,12,17H,5,8-11H2,1-3H3/t12-/m1/s1. The van der Waals surface area contributed by atoms with Crippen LogP contribution in [0.2, 0.25) is 0 Å². The summed E-state index contributed by atoms with van der Waals surface area (Å²) in [4.78, 5) is 6.53. The van der Waals surface area contributed by atoms with Crippen LogP contribution in [0.25, 0.3) is 0 Å². The Morgan fingerprint density at radius 2 is 2.00 bits per heavy atom. The van der Waals surface area contributed by atoms with Crippen molar-refractivity contribution >= 4 is 5.82 Å². The van der Waals surface area contributed by atoms with Crippen molar-refractivity contribution in [2.24, 2.45) is 0 Å². The summed E-state index contributed by atoms with van der Waals surface area (Å²) in [6.45, 7) is 4.66. The summed E-state index contributed by atoms with van der Waals surface area (Å²) in [5.41, 5.74) is 0.844. The van der Waals surface area contributed by atoms with E-state index in [0.29, 0.717) is 13.2 Å². The first-order chi connectivity index (χ1) is 9.20. The number of ether oxygens (including phenoxy) is 2. The van der Waals surface area contributed by atoms with Gasteiger partial charge < -0.3 is 19.5 Å². The molecule has 0 aliphatic rings. The summed E-state index contributed by atoms with van der Waals surface area (Å²) in [5, 5.41) is 9.83. The number of rotatable bonds is 9. The number of methoxy groups -OCH3 is 2. The molecule has 0 fully saturated rings. The molecule has 0 aliphatic carbocycles. The van der Waals surface area contributed by atoms with Gasteiger partial charge in [-0.15, -0.1) is 0 Å². The van der Waals surface area contributed by atoms with Crippen LogP contribution in [0.1, 0.15) is 25.0 Å². The Bertz CT molecular complexity index is 358. The Balaban J connectivity index is 2.82. The molecule has 0 amide bonds. The van der Waals surface area contributed by atoms with Gasteiger partial charge in [0.1, 0.15) is 5.82 Å². The summed E-state index contributed by atoms with van der Waals surface area (Å²) in [7, 11) is 3.38. The summed E-state index contributed by atoms with van der Waals surface area (Å²) in [5.74, 6) is 0.825. The summed E-state index contributed by atoms with van der Waals surface area (Å²) >= 11 is 0. The van der Waals surface area contributed by atoms with Gasteiger partial charge in [-0.25, -0.2) is 4.98 Å². The molecule has 108 valence electrons. The van der Waals surface area contributed by atoms with Crippen molar-refractivity contribution in [1.82, 2.24) is 4.98 Å². The predicted molar refractivity (Wildman–Crippen MR) is 75.5 cm³/mol. The quantitative estimate of drug-likeness (QED) is 0.690. The van der Waals surface area contributed by atoms with Gasteiger partial charge in [0.15, 0.2) is 0 Å². The van der Waals surface area contributed by atoms with Crippen molar-refractivity contribution < 1.29 is 14.6 Å². The van der Waals surface area contributed by atoms with Crippen molar-refractivity contribution in [2.75, 3.05) is 45.4 Å². The molecule has 0 saturated heterocycles. The minimum atomic E-state index is -0.531. The number of aromatic nitrogens is 1. The lowest BCUT2D eigenvalue weighted by Gasteiger charge is -2.26. The largest absolute Gasteiger partial charge is 0.389 e. The Morgan fingerprint density at radius 3 is 2.63 bits per heavy atom. The second-order valence-electron chi connectivity index (χ2n) is 4.42. The van der Waals surface area contributed by atoms with Crippen molar-refractivity contribution in [3.05, 3.63) is 23.9 Å². The third-order valence-corrected chi connectivity index (χ3v) is 2.91. The van der Waals surface area contributed by atoms with Gasteiger partial charge >= 0.3 is 0 Å². The lowest BCUT2D eigenvalue weighted by molar-refractivity contribution is 0.189. The smallest absolute Gasteiger partial charge is 0.134 e. The molecule has 1 rings (SSSR count). The van der Waals surface area contributed by atoms with Crippen molar-refractivity contribution in [3.63, 3.8) is 0 Å². The molecule has 5 heteroatoms. The van der Waals surface area contributed by atoms with E-state index in [1.807, 2.05) is 12.1 Å². The highest BCUT2D eigenvalue weighted by molar-refractivity contribution is 5.47. The third kappa shape index (κ3) is 5.14. The normalized spacial score (nSPS) is 12.4. The maximum absolute atomic E-state index is 9.83. The Kier molecular flexibility index (Phi) is 7.40. The number of nitrogens with zero attached hydrogens (tertiary/aromatic N) is 2. The maximum Gasteiger partial charge on any atom is 0.134 e. The van der Waals surface area contributed by atoms with Gasteiger partial charge in [-0.1, -0.05) is 6.07 Å². The molecule has 0 spiro atoms. The fourth-order valence-electron chi connectivity index (χ4n) is 1.92. The first-order valence-corrected chi connectivity index (χ1v) is 6.56. The molecule has 19 heavy (non-hydrogen) atoms. The average molecular weight is 268 g/mol. The molecule has 0 aromatic carbocycles. The van der Waals surface area contributed by atoms with Crippen LogP contribution in [0.15, 0.2) is 18.3 Å². The van der Waals surface area contributed by atoms with Gasteiger partial charge in [-0.2, -0.15) is 0 Å². The lowest BCUT2D eigenvalue weighted by Crippen LogP contribution is -2.31. The van der Waals surface area contributed by atoms with Crippen LogP contribution in [-0.4, -0.2) is 50.6 Å². The van der Waals surface area contributed by atoms with E-state index >= 15 is 0 Å². The van der Waals surface area contributed by atoms with Crippen LogP contribution >= 0.6 is 0 Å². The molecule has 0 aliphatic heterocycles. The summed E-state index contributed by atoms with van der Waals surface area (Å²) in [6.07, 6.45) is 2.13. The maximum atomic E-state index is 9.83. The number of hydrogen-bond donors (Lipinski definition) is 1. The zero-order chi connectivity index (χ0) is 14.1. The first kappa shape index (κ1) is 15.9. The zero-order valence-electron chi connectivity index (χ0n) is 12.0. The Morgan fingerprint density at radius 1 is 1.26 bits per heavy atom. The average Bonchev–Trinajstić information content (AvgIpc) is 2.42. The highest BCUT2D eigenvalue weighted by Gasteiger charge is 2.15. The molecule has 1 atom stereocenters. The lowest BCUT2D eigenvalue weighted by atomic mass is 10.1. The highest BCUT2D eigenvalue weighted by atomic mass is 16.5. The fraction of sp³-hybridized carbons (Fsp3) is 0.643. The van der Waals surface area contributed by atoms with Crippen LogP contribution in [0.4, 0.5) is 5.82 Å². The van der Waals surface area contributed by atoms with Crippen LogP contribution < -0.4 is 4.90 Å². The number of aliphatic hydroxyl groups excluding tert-OH is 1. The molecule has 0 unspecified atom stereocenters. The van der Waals surface area contributed by atoms with Gasteiger partial charge in [0.05, 0.1) is 12.7 Å². The van der Waals surface area contributed by atoms with Crippen molar-refractivity contribution in [3.8, 4) is 0 Å². The molecule has 0 bridgehead atoms. The van der Waals surface area contributed by atoms with E-state index in [1.54, 1.807) is 27.3 Å². The molecule has 1 N–H and O–H groups in total. The topological polar surface area (TPSA) is 54.8 Å². The monoisotopic (exact) mass is 268 g/mol. The molecule has 0 saturated carbocycles. The first-order valence-electron chi connectivity index (χ1n) is 6.56. The highest BCUT2D eigenvalue weighted by Crippen LogP contribution is 2.23. The van der Waals surface area contributed by atoms with Gasteiger partial charge in [-0.05, 0) is 19.4 Å². The minimum absolute atomic E-state index is 0.531. The van der Waals surface area contributed by atoms with E-state index < -0.39 is 6.10 Å². The van der Waals surface area contributed by atoms with Crippen molar-refractivity contribution in [1.29, 1.82) is 0 Å². The molecule has 1 aromatic heterocycles. The fourth-order valence-corrected chi connectivity index (χ4v) is 1.92. The molecule has 5 nitrogen and oxygen atoms in total. The van der Waals surface area contributed by atoms with Crippen LogP contribution in [0.3, 0.4) is 0 Å². The number of hydrogen-bond acceptors (Lipinski definition) is 5. The van der Waals surface area contributed by atoms with Crippen LogP contribution in [0, 0.1) is 0 Å².